The zero-order valence-corrected chi connectivity index (χ0v) is 20.1. The Kier molecular flexibility index (Phi) is 13.1. The molecule has 0 spiro atoms. The van der Waals surface area contributed by atoms with Gasteiger partial charge in [0.05, 0.1) is 18.5 Å². The average molecular weight is 513 g/mol. The summed E-state index contributed by atoms with van der Waals surface area (Å²) in [5.74, 6) is -4.59. The van der Waals surface area contributed by atoms with Gasteiger partial charge in [0.15, 0.2) is 6.04 Å². The van der Waals surface area contributed by atoms with Gasteiger partial charge in [-0.3, -0.25) is 19.2 Å². The third-order valence-corrected chi connectivity index (χ3v) is 5.28. The van der Waals surface area contributed by atoms with Crippen molar-refractivity contribution in [3.8, 4) is 0 Å². The fraction of sp³-hybridized carbons (Fsp3) is 0.619. The zero-order chi connectivity index (χ0) is 27.3. The number of primary amides is 1. The fourth-order valence-corrected chi connectivity index (χ4v) is 3.21. The normalized spacial score (nSPS) is 15.1. The van der Waals surface area contributed by atoms with Gasteiger partial charge in [-0.15, -0.1) is 0 Å². The Balaban J connectivity index is 3.04. The highest BCUT2D eigenvalue weighted by Crippen LogP contribution is 2.06. The summed E-state index contributed by atoms with van der Waals surface area (Å²) in [6.45, 7) is 1.62. The molecule has 0 fully saturated rings. The largest absolute Gasteiger partial charge is 0.480 e. The van der Waals surface area contributed by atoms with Crippen molar-refractivity contribution in [2.45, 2.75) is 75.7 Å². The van der Waals surface area contributed by atoms with Gasteiger partial charge in [0.1, 0.15) is 12.1 Å². The van der Waals surface area contributed by atoms with Gasteiger partial charge in [0, 0.05) is 24.7 Å². The first-order valence-corrected chi connectivity index (χ1v) is 11.5. The molecule has 0 saturated carbocycles. The summed E-state index contributed by atoms with van der Waals surface area (Å²) in [6, 6.07) is -5.12. The summed E-state index contributed by atoms with van der Waals surface area (Å²) in [6.07, 6.45) is 2.47. The number of rotatable bonds is 17. The zero-order valence-electron chi connectivity index (χ0n) is 20.1. The number of H-pyrrole nitrogens is 1. The number of nitrogens with zero attached hydrogens (tertiary/aromatic N) is 1. The van der Waals surface area contributed by atoms with Crippen LogP contribution in [0.25, 0.3) is 0 Å². The van der Waals surface area contributed by atoms with E-state index in [9.17, 15) is 34.2 Å². The van der Waals surface area contributed by atoms with E-state index in [1.807, 2.05) is 0 Å². The molecule has 1 aromatic heterocycles. The molecule has 0 aromatic carbocycles. The van der Waals surface area contributed by atoms with E-state index in [1.54, 1.807) is 0 Å². The topological polar surface area (TPSA) is 269 Å². The maximum Gasteiger partial charge on any atom is 0.328 e. The molecule has 4 amide bonds. The number of unbranched alkanes of at least 4 members (excludes halogenated alkanes) is 1. The van der Waals surface area contributed by atoms with Crippen LogP contribution >= 0.6 is 0 Å². The van der Waals surface area contributed by atoms with Crippen LogP contribution in [0.15, 0.2) is 12.5 Å². The van der Waals surface area contributed by atoms with Crippen LogP contribution in [0.4, 0.5) is 0 Å². The molecule has 5 atom stereocenters. The Bertz CT molecular complexity index is 878. The summed E-state index contributed by atoms with van der Waals surface area (Å²) in [5.41, 5.74) is 17.0. The number of carbonyl (C=O) groups is 5. The summed E-state index contributed by atoms with van der Waals surface area (Å²) in [4.78, 5) is 67.8. The molecule has 0 bridgehead atoms. The van der Waals surface area contributed by atoms with E-state index in [0.717, 1.165) is 0 Å². The van der Waals surface area contributed by atoms with Gasteiger partial charge < -0.3 is 48.3 Å². The SMILES string of the molecule is CC(O)C(NC(=O)C(CCC(N)=O)NC(=O)C(Cc1cnc[nH]1)NC(=O)C(N)CCCCN)C(=O)O. The molecule has 0 saturated heterocycles. The summed E-state index contributed by atoms with van der Waals surface area (Å²) >= 11 is 0. The molecule has 1 heterocycles. The predicted octanol–water partition coefficient (Wildman–Crippen LogP) is -3.41. The molecule has 0 radical (unpaired) electrons. The summed E-state index contributed by atoms with van der Waals surface area (Å²) in [7, 11) is 0. The Labute approximate surface area is 207 Å². The number of hydrogen-bond donors (Lipinski definition) is 9. The number of aliphatic hydroxyl groups excluding tert-OH is 1. The van der Waals surface area contributed by atoms with Gasteiger partial charge in [-0.2, -0.15) is 0 Å². The maximum absolute atomic E-state index is 13.1. The summed E-state index contributed by atoms with van der Waals surface area (Å²) < 4.78 is 0. The molecule has 202 valence electrons. The minimum atomic E-state index is -1.66. The van der Waals surface area contributed by atoms with Gasteiger partial charge in [0.25, 0.3) is 0 Å². The van der Waals surface area contributed by atoms with E-state index >= 15 is 0 Å². The second-order valence-corrected chi connectivity index (χ2v) is 8.36. The quantitative estimate of drug-likeness (QED) is 0.0933. The number of nitrogens with two attached hydrogens (primary N) is 3. The lowest BCUT2D eigenvalue weighted by Crippen LogP contribution is -2.58. The number of imidazole rings is 1. The van der Waals surface area contributed by atoms with E-state index in [4.69, 9.17) is 17.2 Å². The summed E-state index contributed by atoms with van der Waals surface area (Å²) in [5, 5.41) is 26.0. The number of amides is 4. The van der Waals surface area contributed by atoms with Crippen molar-refractivity contribution < 1.29 is 34.2 Å². The predicted molar refractivity (Wildman–Crippen MR) is 127 cm³/mol. The number of aromatic nitrogens is 2. The molecule has 0 aliphatic carbocycles. The third-order valence-electron chi connectivity index (χ3n) is 5.28. The second kappa shape index (κ2) is 15.4. The fourth-order valence-electron chi connectivity index (χ4n) is 3.21. The first kappa shape index (κ1) is 30.5. The van der Waals surface area contributed by atoms with Gasteiger partial charge in [-0.25, -0.2) is 9.78 Å². The second-order valence-electron chi connectivity index (χ2n) is 8.36. The lowest BCUT2D eigenvalue weighted by molar-refractivity contribution is -0.145. The van der Waals surface area contributed by atoms with Crippen LogP contribution in [0, 0.1) is 0 Å². The lowest BCUT2D eigenvalue weighted by Gasteiger charge is -2.25. The van der Waals surface area contributed by atoms with Crippen molar-refractivity contribution in [1.29, 1.82) is 0 Å². The first-order chi connectivity index (χ1) is 17.0. The van der Waals surface area contributed by atoms with Crippen LogP contribution in [0.3, 0.4) is 0 Å². The molecule has 15 heteroatoms. The number of aliphatic carboxylic acids is 1. The Morgan fingerprint density at radius 1 is 1.03 bits per heavy atom. The number of carboxylic acids is 1. The van der Waals surface area contributed by atoms with Crippen LogP contribution in [-0.2, 0) is 30.4 Å². The highest BCUT2D eigenvalue weighted by Gasteiger charge is 2.32. The van der Waals surface area contributed by atoms with Crippen molar-refractivity contribution in [3.63, 3.8) is 0 Å². The van der Waals surface area contributed by atoms with Crippen LogP contribution in [0.2, 0.25) is 0 Å². The number of nitrogens with one attached hydrogen (secondary N) is 4. The minimum absolute atomic E-state index is 0.0251. The van der Waals surface area contributed by atoms with Gasteiger partial charge >= 0.3 is 5.97 Å². The monoisotopic (exact) mass is 512 g/mol. The molecular formula is C21H36N8O7. The molecule has 15 nitrogen and oxygen atoms in total. The van der Waals surface area contributed by atoms with E-state index in [0.29, 0.717) is 31.5 Å². The molecule has 0 aliphatic heterocycles. The van der Waals surface area contributed by atoms with E-state index in [-0.39, 0.29) is 19.3 Å². The minimum Gasteiger partial charge on any atom is -0.480 e. The van der Waals surface area contributed by atoms with E-state index in [1.165, 1.54) is 19.4 Å². The Hall–Kier alpha value is -3.56. The molecule has 5 unspecified atom stereocenters. The van der Waals surface area contributed by atoms with Crippen LogP contribution < -0.4 is 33.2 Å². The Morgan fingerprint density at radius 2 is 1.67 bits per heavy atom. The van der Waals surface area contributed by atoms with Crippen molar-refractivity contribution >= 4 is 29.6 Å². The highest BCUT2D eigenvalue weighted by atomic mass is 16.4. The molecule has 1 aromatic rings. The number of carbonyl (C=O) groups excluding carboxylic acids is 4. The van der Waals surface area contributed by atoms with Crippen molar-refractivity contribution in [3.05, 3.63) is 18.2 Å². The van der Waals surface area contributed by atoms with E-state index in [2.05, 4.69) is 25.9 Å². The molecule has 0 aliphatic rings. The maximum atomic E-state index is 13.1. The smallest absolute Gasteiger partial charge is 0.328 e. The Morgan fingerprint density at radius 3 is 2.19 bits per heavy atom. The molecular weight excluding hydrogens is 476 g/mol. The molecule has 1 rings (SSSR count). The van der Waals surface area contributed by atoms with Crippen LogP contribution in [0.1, 0.15) is 44.7 Å². The lowest BCUT2D eigenvalue weighted by atomic mass is 10.0. The molecule has 12 N–H and O–H groups in total. The van der Waals surface area contributed by atoms with Crippen LogP contribution in [-0.4, -0.2) is 86.6 Å². The number of aromatic amines is 1. The van der Waals surface area contributed by atoms with Gasteiger partial charge in [-0.05, 0) is 32.7 Å². The van der Waals surface area contributed by atoms with Crippen molar-refractivity contribution in [2.75, 3.05) is 6.54 Å². The molecule has 36 heavy (non-hydrogen) atoms. The van der Waals surface area contributed by atoms with Gasteiger partial charge in [-0.1, -0.05) is 6.42 Å². The highest BCUT2D eigenvalue weighted by molar-refractivity contribution is 5.94. The van der Waals surface area contributed by atoms with Crippen molar-refractivity contribution in [1.82, 2.24) is 25.9 Å². The number of aliphatic hydroxyl groups is 1. The number of carboxylic acid groups (broad SMARTS) is 1. The van der Waals surface area contributed by atoms with E-state index < -0.39 is 59.9 Å². The van der Waals surface area contributed by atoms with Crippen molar-refractivity contribution in [2.24, 2.45) is 17.2 Å². The average Bonchev–Trinajstić information content (AvgIpc) is 3.31. The first-order valence-electron chi connectivity index (χ1n) is 11.5. The third kappa shape index (κ3) is 10.8. The standard InChI is InChI=1S/C21H36N8O7/c1-11(30)17(21(35)36)29-19(33)14(5-6-16(24)31)27-20(34)15(8-12-9-25-10-26-12)28-18(32)13(23)4-2-3-7-22/h9-11,13-15,17,30H,2-8,22-23H2,1H3,(H2,24,31)(H,25,26)(H,27,34)(H,28,32)(H,29,33)(H,35,36). The van der Waals surface area contributed by atoms with Gasteiger partial charge in [0.2, 0.25) is 23.6 Å². The van der Waals surface area contributed by atoms with Crippen LogP contribution in [0.5, 0.6) is 0 Å². The number of hydrogen-bond acceptors (Lipinski definition) is 9.